The number of carbonyl (C=O) groups is 2. The quantitative estimate of drug-likeness (QED) is 0.516. The predicted octanol–water partition coefficient (Wildman–Crippen LogP) is 3.09. The van der Waals surface area contributed by atoms with Gasteiger partial charge in [0, 0.05) is 5.92 Å². The highest BCUT2D eigenvalue weighted by Gasteiger charge is 2.55. The molecule has 0 aliphatic carbocycles. The lowest BCUT2D eigenvalue weighted by atomic mass is 9.88. The molecule has 2 aromatic rings. The van der Waals surface area contributed by atoms with E-state index in [2.05, 4.69) is 0 Å². The number of benzene rings is 2. The third kappa shape index (κ3) is 3.79. The lowest BCUT2D eigenvalue weighted by Gasteiger charge is -2.27. The molecule has 1 amide bonds. The van der Waals surface area contributed by atoms with Crippen LogP contribution in [0.1, 0.15) is 31.0 Å². The molecule has 160 valence electrons. The molecule has 1 saturated heterocycles. The molecule has 1 aliphatic heterocycles. The Labute approximate surface area is 176 Å². The van der Waals surface area contributed by atoms with Gasteiger partial charge in [0.1, 0.15) is 11.7 Å². The molecule has 0 bridgehead atoms. The van der Waals surface area contributed by atoms with Crippen LogP contribution in [-0.2, 0) is 24.3 Å². The van der Waals surface area contributed by atoms with Crippen molar-refractivity contribution in [3.8, 4) is 5.75 Å². The van der Waals surface area contributed by atoms with Gasteiger partial charge in [-0.15, -0.1) is 0 Å². The van der Waals surface area contributed by atoms with Crippen molar-refractivity contribution in [2.24, 2.45) is 11.8 Å². The van der Waals surface area contributed by atoms with Crippen LogP contribution < -0.4 is 4.74 Å². The summed E-state index contributed by atoms with van der Waals surface area (Å²) in [5.74, 6) is -2.69. The highest BCUT2D eigenvalue weighted by molar-refractivity contribution is 7.89. The summed E-state index contributed by atoms with van der Waals surface area (Å²) in [6.07, 6.45) is 0. The highest BCUT2D eigenvalue weighted by atomic mass is 32.2. The number of methoxy groups -OCH3 is 1. The predicted molar refractivity (Wildman–Crippen MR) is 110 cm³/mol. The summed E-state index contributed by atoms with van der Waals surface area (Å²) in [6.45, 7) is 5.28. The third-order valence-electron chi connectivity index (χ3n) is 5.34. The van der Waals surface area contributed by atoms with Crippen LogP contribution in [0.4, 0.5) is 0 Å². The van der Waals surface area contributed by atoms with Gasteiger partial charge in [-0.05, 0) is 43.7 Å². The number of hydrogen-bond acceptors (Lipinski definition) is 6. The van der Waals surface area contributed by atoms with Gasteiger partial charge in [0.15, 0.2) is 0 Å². The Kier molecular flexibility index (Phi) is 6.17. The summed E-state index contributed by atoms with van der Waals surface area (Å²) in [5.41, 5.74) is 1.49. The number of amides is 1. The Bertz CT molecular complexity index is 1030. The molecular weight excluding hydrogens is 406 g/mol. The average molecular weight is 432 g/mol. The van der Waals surface area contributed by atoms with Gasteiger partial charge in [0.2, 0.25) is 0 Å². The van der Waals surface area contributed by atoms with Gasteiger partial charge < -0.3 is 9.47 Å². The highest BCUT2D eigenvalue weighted by Crippen LogP contribution is 2.45. The Morgan fingerprint density at radius 3 is 2.20 bits per heavy atom. The van der Waals surface area contributed by atoms with Crippen LogP contribution in [0.3, 0.4) is 0 Å². The molecular formula is C22H25NO6S. The summed E-state index contributed by atoms with van der Waals surface area (Å²) >= 11 is 0. The smallest absolute Gasteiger partial charge is 0.318 e. The molecule has 1 heterocycles. The molecule has 3 unspecified atom stereocenters. The molecule has 30 heavy (non-hydrogen) atoms. The number of rotatable bonds is 6. The second-order valence-corrected chi connectivity index (χ2v) is 9.07. The van der Waals surface area contributed by atoms with Crippen LogP contribution in [-0.4, -0.2) is 38.3 Å². The Morgan fingerprint density at radius 2 is 1.67 bits per heavy atom. The van der Waals surface area contributed by atoms with Crippen LogP contribution in [0, 0.1) is 18.8 Å². The van der Waals surface area contributed by atoms with E-state index in [1.807, 2.05) is 6.92 Å². The average Bonchev–Trinajstić information content (AvgIpc) is 2.99. The van der Waals surface area contributed by atoms with Gasteiger partial charge >= 0.3 is 5.97 Å². The number of sulfonamides is 1. The third-order valence-corrected chi connectivity index (χ3v) is 7.13. The Morgan fingerprint density at radius 1 is 1.07 bits per heavy atom. The normalized spacial score (nSPS) is 21.5. The number of nitrogens with zero attached hydrogens (tertiary/aromatic N) is 1. The lowest BCUT2D eigenvalue weighted by molar-refractivity contribution is -0.152. The van der Waals surface area contributed by atoms with Gasteiger partial charge in [0.25, 0.3) is 15.9 Å². The standard InChI is InChI=1S/C22H25NO6S/c1-5-29-22(25)19-15(3)20(16-8-10-17(28-4)11-9-16)23(21(19)24)30(26,27)18-12-6-14(2)7-13-18/h6-13,15,19-20H,5H2,1-4H3. The van der Waals surface area contributed by atoms with E-state index in [4.69, 9.17) is 9.47 Å². The summed E-state index contributed by atoms with van der Waals surface area (Å²) in [7, 11) is -2.66. The molecule has 0 spiro atoms. The molecule has 3 atom stereocenters. The van der Waals surface area contributed by atoms with Crippen molar-refractivity contribution < 1.29 is 27.5 Å². The van der Waals surface area contributed by atoms with Crippen LogP contribution in [0.25, 0.3) is 0 Å². The maximum Gasteiger partial charge on any atom is 0.318 e. The van der Waals surface area contributed by atoms with Crippen molar-refractivity contribution in [1.82, 2.24) is 4.31 Å². The van der Waals surface area contributed by atoms with Gasteiger partial charge in [-0.2, -0.15) is 0 Å². The van der Waals surface area contributed by atoms with Gasteiger partial charge in [-0.25, -0.2) is 12.7 Å². The van der Waals surface area contributed by atoms with E-state index in [9.17, 15) is 18.0 Å². The van der Waals surface area contributed by atoms with E-state index in [1.54, 1.807) is 50.2 Å². The Hall–Kier alpha value is -2.87. The van der Waals surface area contributed by atoms with Crippen molar-refractivity contribution >= 4 is 21.9 Å². The summed E-state index contributed by atoms with van der Waals surface area (Å²) in [4.78, 5) is 25.8. The van der Waals surface area contributed by atoms with Gasteiger partial charge in [0.05, 0.1) is 24.7 Å². The van der Waals surface area contributed by atoms with Crippen LogP contribution in [0.2, 0.25) is 0 Å². The monoisotopic (exact) mass is 431 g/mol. The maximum atomic E-state index is 13.5. The fraction of sp³-hybridized carbons (Fsp3) is 0.364. The van der Waals surface area contributed by atoms with Crippen LogP contribution >= 0.6 is 0 Å². The first-order valence-electron chi connectivity index (χ1n) is 9.68. The molecule has 0 saturated carbocycles. The first-order valence-corrected chi connectivity index (χ1v) is 11.1. The van der Waals surface area contributed by atoms with Crippen molar-refractivity contribution in [3.05, 3.63) is 59.7 Å². The van der Waals surface area contributed by atoms with Crippen molar-refractivity contribution in [2.45, 2.75) is 31.7 Å². The molecule has 8 heteroatoms. The topological polar surface area (TPSA) is 90.0 Å². The lowest BCUT2D eigenvalue weighted by Crippen LogP contribution is -2.37. The molecule has 7 nitrogen and oxygen atoms in total. The number of carbonyl (C=O) groups excluding carboxylic acids is 2. The second kappa shape index (κ2) is 8.47. The molecule has 0 aromatic heterocycles. The number of ether oxygens (including phenoxy) is 2. The van der Waals surface area contributed by atoms with E-state index >= 15 is 0 Å². The van der Waals surface area contributed by atoms with Gasteiger partial charge in [-0.1, -0.05) is 36.8 Å². The van der Waals surface area contributed by atoms with Crippen molar-refractivity contribution in [3.63, 3.8) is 0 Å². The zero-order valence-corrected chi connectivity index (χ0v) is 18.2. The van der Waals surface area contributed by atoms with Crippen molar-refractivity contribution in [2.75, 3.05) is 13.7 Å². The fourth-order valence-corrected chi connectivity index (χ4v) is 5.44. The first kappa shape index (κ1) is 21.8. The van der Waals surface area contributed by atoms with E-state index in [-0.39, 0.29) is 11.5 Å². The first-order chi connectivity index (χ1) is 14.2. The largest absolute Gasteiger partial charge is 0.497 e. The second-order valence-electron chi connectivity index (χ2n) is 7.26. The molecule has 1 fully saturated rings. The zero-order valence-electron chi connectivity index (χ0n) is 17.4. The SMILES string of the molecule is CCOC(=O)C1C(=O)N(S(=O)(=O)c2ccc(C)cc2)C(c2ccc(OC)cc2)C1C. The van der Waals surface area contributed by atoms with Crippen LogP contribution in [0.5, 0.6) is 5.75 Å². The number of hydrogen-bond donors (Lipinski definition) is 0. The summed E-state index contributed by atoms with van der Waals surface area (Å²) in [5, 5.41) is 0. The summed E-state index contributed by atoms with van der Waals surface area (Å²) < 4.78 is 38.0. The molecule has 0 radical (unpaired) electrons. The molecule has 2 aromatic carbocycles. The van der Waals surface area contributed by atoms with Gasteiger partial charge in [-0.3, -0.25) is 9.59 Å². The summed E-state index contributed by atoms with van der Waals surface area (Å²) in [6, 6.07) is 12.2. The van der Waals surface area contributed by atoms with Crippen LogP contribution in [0.15, 0.2) is 53.4 Å². The Balaban J connectivity index is 2.13. The number of aryl methyl sites for hydroxylation is 1. The van der Waals surface area contributed by atoms with E-state index in [0.29, 0.717) is 11.3 Å². The van der Waals surface area contributed by atoms with Crippen molar-refractivity contribution in [1.29, 1.82) is 0 Å². The van der Waals surface area contributed by atoms with E-state index in [0.717, 1.165) is 9.87 Å². The zero-order chi connectivity index (χ0) is 22.1. The van der Waals surface area contributed by atoms with E-state index in [1.165, 1.54) is 19.2 Å². The van der Waals surface area contributed by atoms with E-state index < -0.39 is 39.8 Å². The molecule has 3 rings (SSSR count). The minimum Gasteiger partial charge on any atom is -0.497 e. The number of esters is 1. The minimum atomic E-state index is -4.19. The maximum absolute atomic E-state index is 13.5. The molecule has 1 aliphatic rings. The minimum absolute atomic E-state index is 0.00308. The fourth-order valence-electron chi connectivity index (χ4n) is 3.77. The molecule has 0 N–H and O–H groups in total.